The van der Waals surface area contributed by atoms with Crippen molar-refractivity contribution in [2.24, 2.45) is 5.92 Å². The van der Waals surface area contributed by atoms with E-state index in [-0.39, 0.29) is 23.9 Å². The van der Waals surface area contributed by atoms with Gasteiger partial charge < -0.3 is 9.47 Å². The topological polar surface area (TPSA) is 35.5 Å². The fraction of sp³-hybridized carbons (Fsp3) is 0.417. The highest BCUT2D eigenvalue weighted by atomic mass is 35.5. The molecule has 3 rings (SSSR count). The quantitative estimate of drug-likeness (QED) is 0.742. The third-order valence-electron chi connectivity index (χ3n) is 3.12. The molecule has 0 amide bonds. The SMILES string of the molecule is CCOC(=O)C1C2Oc3c(Cl)cccc3C21. The molecule has 1 saturated carbocycles. The van der Waals surface area contributed by atoms with E-state index in [4.69, 9.17) is 21.1 Å². The summed E-state index contributed by atoms with van der Waals surface area (Å²) in [5.41, 5.74) is 1.04. The molecular weight excluding hydrogens is 228 g/mol. The van der Waals surface area contributed by atoms with Crippen molar-refractivity contribution in [2.45, 2.75) is 18.9 Å². The van der Waals surface area contributed by atoms with Gasteiger partial charge in [0.25, 0.3) is 0 Å². The van der Waals surface area contributed by atoms with Crippen LogP contribution in [0, 0.1) is 5.92 Å². The molecule has 1 aliphatic carbocycles. The lowest BCUT2D eigenvalue weighted by Crippen LogP contribution is -2.13. The Morgan fingerprint density at radius 2 is 2.38 bits per heavy atom. The second kappa shape index (κ2) is 3.39. The number of hydrogen-bond donors (Lipinski definition) is 0. The van der Waals surface area contributed by atoms with Gasteiger partial charge in [-0.2, -0.15) is 0 Å². The number of benzene rings is 1. The second-order valence-electron chi connectivity index (χ2n) is 4.04. The maximum atomic E-state index is 11.6. The molecule has 0 saturated heterocycles. The van der Waals surface area contributed by atoms with E-state index in [1.54, 1.807) is 6.07 Å². The molecule has 0 bridgehead atoms. The Morgan fingerprint density at radius 1 is 1.56 bits per heavy atom. The Labute approximate surface area is 98.3 Å². The zero-order valence-electron chi connectivity index (χ0n) is 8.77. The molecular formula is C12H11ClO3. The number of esters is 1. The average Bonchev–Trinajstić information content (AvgIpc) is 2.85. The van der Waals surface area contributed by atoms with Crippen molar-refractivity contribution in [1.29, 1.82) is 0 Å². The molecule has 3 nitrogen and oxygen atoms in total. The maximum absolute atomic E-state index is 11.6. The van der Waals surface area contributed by atoms with Crippen LogP contribution in [0.25, 0.3) is 0 Å². The Morgan fingerprint density at radius 3 is 3.12 bits per heavy atom. The first-order valence-corrected chi connectivity index (χ1v) is 5.73. The van der Waals surface area contributed by atoms with Gasteiger partial charge >= 0.3 is 5.97 Å². The van der Waals surface area contributed by atoms with Crippen LogP contribution in [0.4, 0.5) is 0 Å². The molecule has 1 heterocycles. The molecule has 3 unspecified atom stereocenters. The van der Waals surface area contributed by atoms with Gasteiger partial charge in [0.15, 0.2) is 0 Å². The van der Waals surface area contributed by atoms with Crippen molar-refractivity contribution in [1.82, 2.24) is 0 Å². The van der Waals surface area contributed by atoms with Gasteiger partial charge in [-0.05, 0) is 13.0 Å². The fourth-order valence-electron chi connectivity index (χ4n) is 2.37. The number of carbonyl (C=O) groups is 1. The molecule has 3 atom stereocenters. The zero-order chi connectivity index (χ0) is 11.3. The fourth-order valence-corrected chi connectivity index (χ4v) is 2.59. The first kappa shape index (κ1) is 9.97. The van der Waals surface area contributed by atoms with E-state index in [0.29, 0.717) is 11.6 Å². The predicted molar refractivity (Wildman–Crippen MR) is 58.7 cm³/mol. The number of hydrogen-bond acceptors (Lipinski definition) is 3. The molecule has 16 heavy (non-hydrogen) atoms. The summed E-state index contributed by atoms with van der Waals surface area (Å²) in [6, 6.07) is 5.64. The predicted octanol–water partition coefficient (Wildman–Crippen LogP) is 2.38. The summed E-state index contributed by atoms with van der Waals surface area (Å²) >= 11 is 6.00. The number of halogens is 1. The van der Waals surface area contributed by atoms with Gasteiger partial charge in [-0.3, -0.25) is 4.79 Å². The smallest absolute Gasteiger partial charge is 0.313 e. The number of carbonyl (C=O) groups excluding carboxylic acids is 1. The number of para-hydroxylation sites is 1. The lowest BCUT2D eigenvalue weighted by molar-refractivity contribution is -0.145. The van der Waals surface area contributed by atoms with E-state index in [1.807, 2.05) is 19.1 Å². The molecule has 1 fully saturated rings. The molecule has 1 aromatic rings. The number of ether oxygens (including phenoxy) is 2. The van der Waals surface area contributed by atoms with Crippen molar-refractivity contribution in [3.8, 4) is 5.75 Å². The number of rotatable bonds is 2. The van der Waals surface area contributed by atoms with Crippen LogP contribution >= 0.6 is 11.6 Å². The number of fused-ring (bicyclic) bond motifs is 3. The van der Waals surface area contributed by atoms with Crippen LogP contribution in [0.15, 0.2) is 18.2 Å². The highest BCUT2D eigenvalue weighted by molar-refractivity contribution is 6.32. The molecule has 4 heteroatoms. The Bertz CT molecular complexity index is 458. The van der Waals surface area contributed by atoms with Gasteiger partial charge in [-0.15, -0.1) is 0 Å². The van der Waals surface area contributed by atoms with Gasteiger partial charge in [0, 0.05) is 11.5 Å². The molecule has 0 aromatic heterocycles. The molecule has 1 aliphatic heterocycles. The maximum Gasteiger partial charge on any atom is 0.313 e. The van der Waals surface area contributed by atoms with E-state index in [0.717, 1.165) is 11.3 Å². The van der Waals surface area contributed by atoms with E-state index < -0.39 is 0 Å². The lowest BCUT2D eigenvalue weighted by Gasteiger charge is -2.08. The van der Waals surface area contributed by atoms with E-state index >= 15 is 0 Å². The van der Waals surface area contributed by atoms with Crippen LogP contribution in [0.2, 0.25) is 5.02 Å². The van der Waals surface area contributed by atoms with Gasteiger partial charge in [0.2, 0.25) is 0 Å². The van der Waals surface area contributed by atoms with Crippen molar-refractivity contribution >= 4 is 17.6 Å². The summed E-state index contributed by atoms with van der Waals surface area (Å²) in [6.07, 6.45) is -0.0612. The van der Waals surface area contributed by atoms with Crippen molar-refractivity contribution in [3.05, 3.63) is 28.8 Å². The summed E-state index contributed by atoms with van der Waals surface area (Å²) in [4.78, 5) is 11.6. The summed E-state index contributed by atoms with van der Waals surface area (Å²) < 4.78 is 10.7. The van der Waals surface area contributed by atoms with Gasteiger partial charge in [0.05, 0.1) is 11.6 Å². The largest absolute Gasteiger partial charge is 0.487 e. The second-order valence-corrected chi connectivity index (χ2v) is 4.45. The van der Waals surface area contributed by atoms with Crippen molar-refractivity contribution in [3.63, 3.8) is 0 Å². The molecule has 0 N–H and O–H groups in total. The van der Waals surface area contributed by atoms with Gasteiger partial charge in [0.1, 0.15) is 17.8 Å². The van der Waals surface area contributed by atoms with Crippen LogP contribution in [0.1, 0.15) is 18.4 Å². The van der Waals surface area contributed by atoms with Crippen LogP contribution in [-0.4, -0.2) is 18.7 Å². The van der Waals surface area contributed by atoms with Crippen LogP contribution in [-0.2, 0) is 9.53 Å². The van der Waals surface area contributed by atoms with E-state index in [9.17, 15) is 4.79 Å². The minimum atomic E-state index is -0.164. The van der Waals surface area contributed by atoms with Crippen molar-refractivity contribution < 1.29 is 14.3 Å². The molecule has 84 valence electrons. The summed E-state index contributed by atoms with van der Waals surface area (Å²) in [5.74, 6) is 0.585. The normalized spacial score (nSPS) is 29.0. The Balaban J connectivity index is 1.85. The third-order valence-corrected chi connectivity index (χ3v) is 3.42. The van der Waals surface area contributed by atoms with Crippen LogP contribution in [0.5, 0.6) is 5.75 Å². The van der Waals surface area contributed by atoms with E-state index in [2.05, 4.69) is 0 Å². The zero-order valence-corrected chi connectivity index (χ0v) is 9.53. The average molecular weight is 239 g/mol. The summed E-state index contributed by atoms with van der Waals surface area (Å²) in [7, 11) is 0. The lowest BCUT2D eigenvalue weighted by atomic mass is 10.1. The Hall–Kier alpha value is -1.22. The van der Waals surface area contributed by atoms with Crippen molar-refractivity contribution in [2.75, 3.05) is 6.61 Å². The standard InChI is InChI=1S/C12H11ClO3/c1-2-15-12(14)9-8-6-4-3-5-7(13)10(6)16-11(8)9/h3-5,8-9,11H,2H2,1H3. The summed E-state index contributed by atoms with van der Waals surface area (Å²) in [5, 5.41) is 0.618. The van der Waals surface area contributed by atoms with Gasteiger partial charge in [-0.1, -0.05) is 23.7 Å². The molecule has 0 spiro atoms. The summed E-state index contributed by atoms with van der Waals surface area (Å²) in [6.45, 7) is 2.22. The first-order chi connectivity index (χ1) is 7.74. The van der Waals surface area contributed by atoms with E-state index in [1.165, 1.54) is 0 Å². The molecule has 0 radical (unpaired) electrons. The minimum Gasteiger partial charge on any atom is -0.487 e. The highest BCUT2D eigenvalue weighted by Crippen LogP contribution is 2.60. The van der Waals surface area contributed by atoms with Crippen LogP contribution in [0.3, 0.4) is 0 Å². The van der Waals surface area contributed by atoms with Gasteiger partial charge in [-0.25, -0.2) is 0 Å². The first-order valence-electron chi connectivity index (χ1n) is 5.35. The monoisotopic (exact) mass is 238 g/mol. The molecule has 2 aliphatic rings. The highest BCUT2D eigenvalue weighted by Gasteiger charge is 2.63. The minimum absolute atomic E-state index is 0.0612. The molecule has 1 aromatic carbocycles. The van der Waals surface area contributed by atoms with Crippen LogP contribution < -0.4 is 4.74 Å². The third kappa shape index (κ3) is 1.24. The Kier molecular flexibility index (Phi) is 2.11.